The third-order valence-electron chi connectivity index (χ3n) is 2.95. The van der Waals surface area contributed by atoms with Gasteiger partial charge in [-0.25, -0.2) is 9.78 Å². The van der Waals surface area contributed by atoms with E-state index in [9.17, 15) is 4.79 Å². The Hall–Kier alpha value is -2.54. The molecule has 0 saturated heterocycles. The number of benzene rings is 1. The van der Waals surface area contributed by atoms with E-state index in [1.54, 1.807) is 29.5 Å². The number of nitrogen functional groups attached to an aromatic ring is 1. The van der Waals surface area contributed by atoms with Crippen molar-refractivity contribution >= 4 is 28.0 Å². The molecule has 0 saturated carbocycles. The molecule has 2 heterocycles. The minimum atomic E-state index is -0.428. The first-order valence-corrected chi connectivity index (χ1v) is 7.07. The van der Waals surface area contributed by atoms with Crippen molar-refractivity contribution in [3.63, 3.8) is 0 Å². The molecule has 1 aromatic carbocycles. The van der Waals surface area contributed by atoms with Crippen LogP contribution in [0.1, 0.15) is 16.1 Å². The number of hydrogen-bond donors (Lipinski definition) is 1. The van der Waals surface area contributed by atoms with E-state index in [1.165, 1.54) is 7.11 Å². The summed E-state index contributed by atoms with van der Waals surface area (Å²) in [6, 6.07) is 4.79. The van der Waals surface area contributed by atoms with E-state index in [1.807, 2.05) is 22.2 Å². The lowest BCUT2D eigenvalue weighted by Crippen LogP contribution is -2.04. The maximum absolute atomic E-state index is 11.5. The fourth-order valence-corrected chi connectivity index (χ4v) is 2.62. The zero-order valence-corrected chi connectivity index (χ0v) is 12.1. The lowest BCUT2D eigenvalue weighted by Gasteiger charge is -2.09. The summed E-state index contributed by atoms with van der Waals surface area (Å²) in [6.07, 6.45) is 3.83. The first-order chi connectivity index (χ1) is 10.2. The number of anilines is 1. The highest BCUT2D eigenvalue weighted by Gasteiger charge is 2.10. The second-order valence-corrected chi connectivity index (χ2v) is 5.23. The fourth-order valence-electron chi connectivity index (χ4n) is 1.90. The van der Waals surface area contributed by atoms with Crippen molar-refractivity contribution in [3.8, 4) is 5.75 Å². The predicted molar refractivity (Wildman–Crippen MR) is 79.6 cm³/mol. The number of methoxy groups -OCH3 is 1. The highest BCUT2D eigenvalue weighted by atomic mass is 32.1. The number of ether oxygens (including phenoxy) is 2. The van der Waals surface area contributed by atoms with Gasteiger partial charge in [-0.3, -0.25) is 4.40 Å². The second kappa shape index (κ2) is 5.45. The van der Waals surface area contributed by atoms with Gasteiger partial charge in [-0.05, 0) is 18.2 Å². The van der Waals surface area contributed by atoms with Crippen LogP contribution < -0.4 is 10.5 Å². The van der Waals surface area contributed by atoms with Crippen LogP contribution in [-0.2, 0) is 11.3 Å². The van der Waals surface area contributed by atoms with Gasteiger partial charge in [0.25, 0.3) is 0 Å². The molecule has 0 radical (unpaired) electrons. The van der Waals surface area contributed by atoms with Crippen LogP contribution in [0.4, 0.5) is 5.69 Å². The van der Waals surface area contributed by atoms with Crippen LogP contribution in [0.15, 0.2) is 36.0 Å². The number of imidazole rings is 1. The third-order valence-corrected chi connectivity index (χ3v) is 3.72. The van der Waals surface area contributed by atoms with Gasteiger partial charge in [0, 0.05) is 17.8 Å². The van der Waals surface area contributed by atoms with E-state index in [4.69, 9.17) is 10.5 Å². The quantitative estimate of drug-likeness (QED) is 0.591. The van der Waals surface area contributed by atoms with Crippen molar-refractivity contribution in [1.82, 2.24) is 9.38 Å². The molecule has 6 nitrogen and oxygen atoms in total. The Balaban J connectivity index is 1.77. The van der Waals surface area contributed by atoms with Gasteiger partial charge in [0.15, 0.2) is 4.96 Å². The molecule has 7 heteroatoms. The normalized spacial score (nSPS) is 10.7. The number of nitrogens with zero attached hydrogens (tertiary/aromatic N) is 2. The Bertz CT molecular complexity index is 765. The summed E-state index contributed by atoms with van der Waals surface area (Å²) in [6.45, 7) is 0.281. The van der Waals surface area contributed by atoms with Gasteiger partial charge in [-0.1, -0.05) is 0 Å². The monoisotopic (exact) mass is 303 g/mol. The number of nitrogens with two attached hydrogens (primary N) is 1. The molecule has 0 amide bonds. The summed E-state index contributed by atoms with van der Waals surface area (Å²) in [5.41, 5.74) is 7.50. The summed E-state index contributed by atoms with van der Waals surface area (Å²) in [5.74, 6) is 0.0107. The van der Waals surface area contributed by atoms with Crippen molar-refractivity contribution < 1.29 is 14.3 Å². The molecule has 0 aliphatic carbocycles. The number of aromatic nitrogens is 2. The summed E-state index contributed by atoms with van der Waals surface area (Å²) in [4.78, 5) is 16.8. The Morgan fingerprint density at radius 1 is 1.48 bits per heavy atom. The van der Waals surface area contributed by atoms with E-state index in [-0.39, 0.29) is 6.61 Å². The maximum atomic E-state index is 11.5. The van der Waals surface area contributed by atoms with Crippen LogP contribution in [-0.4, -0.2) is 22.5 Å². The number of carbonyl (C=O) groups excluding carboxylic acids is 1. The van der Waals surface area contributed by atoms with E-state index >= 15 is 0 Å². The molecule has 3 aromatic rings. The molecule has 2 aromatic heterocycles. The van der Waals surface area contributed by atoms with Crippen molar-refractivity contribution in [2.45, 2.75) is 6.61 Å². The van der Waals surface area contributed by atoms with Crippen molar-refractivity contribution in [3.05, 3.63) is 47.2 Å². The summed E-state index contributed by atoms with van der Waals surface area (Å²) < 4.78 is 12.3. The van der Waals surface area contributed by atoms with Crippen molar-refractivity contribution in [2.24, 2.45) is 0 Å². The fraction of sp³-hybridized carbons (Fsp3) is 0.143. The SMILES string of the molecule is COC(=O)c1ccc(N)c(OCc2cn3ccsc3n2)c1. The molecule has 2 N–H and O–H groups in total. The molecule has 0 spiro atoms. The lowest BCUT2D eigenvalue weighted by atomic mass is 10.2. The van der Waals surface area contributed by atoms with Crippen LogP contribution in [0.3, 0.4) is 0 Å². The molecule has 3 rings (SSSR count). The van der Waals surface area contributed by atoms with Crippen molar-refractivity contribution in [2.75, 3.05) is 12.8 Å². The maximum Gasteiger partial charge on any atom is 0.337 e. The molecule has 0 bridgehead atoms. The Morgan fingerprint density at radius 2 is 2.33 bits per heavy atom. The summed E-state index contributed by atoms with van der Waals surface area (Å²) in [5, 5.41) is 1.96. The first kappa shape index (κ1) is 13.4. The van der Waals surface area contributed by atoms with Gasteiger partial charge in [-0.15, -0.1) is 11.3 Å². The molecule has 0 aliphatic heterocycles. The number of hydrogen-bond acceptors (Lipinski definition) is 6. The smallest absolute Gasteiger partial charge is 0.337 e. The average molecular weight is 303 g/mol. The van der Waals surface area contributed by atoms with Crippen LogP contribution in [0.25, 0.3) is 4.96 Å². The van der Waals surface area contributed by atoms with E-state index in [0.717, 1.165) is 10.7 Å². The van der Waals surface area contributed by atoms with Crippen molar-refractivity contribution in [1.29, 1.82) is 0 Å². The molecule has 0 aliphatic rings. The molecular weight excluding hydrogens is 290 g/mol. The standard InChI is InChI=1S/C14H13N3O3S/c1-19-13(18)9-2-3-11(15)12(6-9)20-8-10-7-17-4-5-21-14(17)16-10/h2-7H,8,15H2,1H3. The number of esters is 1. The third kappa shape index (κ3) is 2.68. The van der Waals surface area contributed by atoms with E-state index < -0.39 is 5.97 Å². The molecule has 108 valence electrons. The molecule has 0 atom stereocenters. The Kier molecular flexibility index (Phi) is 3.49. The van der Waals surface area contributed by atoms with Crippen LogP contribution in [0.5, 0.6) is 5.75 Å². The van der Waals surface area contributed by atoms with Gasteiger partial charge in [0.1, 0.15) is 12.4 Å². The number of carbonyl (C=O) groups is 1. The minimum Gasteiger partial charge on any atom is -0.485 e. The number of rotatable bonds is 4. The Morgan fingerprint density at radius 3 is 3.10 bits per heavy atom. The van der Waals surface area contributed by atoms with Gasteiger partial charge in [0.2, 0.25) is 0 Å². The summed E-state index contributed by atoms with van der Waals surface area (Å²) in [7, 11) is 1.33. The van der Waals surface area contributed by atoms with Crippen LogP contribution in [0, 0.1) is 0 Å². The van der Waals surface area contributed by atoms with Gasteiger partial charge >= 0.3 is 5.97 Å². The van der Waals surface area contributed by atoms with E-state index in [2.05, 4.69) is 9.72 Å². The Labute approximate surface area is 124 Å². The molecule has 0 unspecified atom stereocenters. The highest BCUT2D eigenvalue weighted by Crippen LogP contribution is 2.24. The van der Waals surface area contributed by atoms with Crippen LogP contribution in [0.2, 0.25) is 0 Å². The first-order valence-electron chi connectivity index (χ1n) is 6.19. The van der Waals surface area contributed by atoms with Gasteiger partial charge < -0.3 is 15.2 Å². The zero-order valence-electron chi connectivity index (χ0n) is 11.3. The van der Waals surface area contributed by atoms with Gasteiger partial charge in [0.05, 0.1) is 24.1 Å². The number of thiazole rings is 1. The summed E-state index contributed by atoms with van der Waals surface area (Å²) >= 11 is 1.55. The van der Waals surface area contributed by atoms with E-state index in [0.29, 0.717) is 17.0 Å². The highest BCUT2D eigenvalue weighted by molar-refractivity contribution is 7.15. The minimum absolute atomic E-state index is 0.281. The molecule has 0 fully saturated rings. The molecule has 21 heavy (non-hydrogen) atoms. The van der Waals surface area contributed by atoms with Gasteiger partial charge in [-0.2, -0.15) is 0 Å². The lowest BCUT2D eigenvalue weighted by molar-refractivity contribution is 0.0600. The topological polar surface area (TPSA) is 78.8 Å². The number of fused-ring (bicyclic) bond motifs is 1. The molecular formula is C14H13N3O3S. The largest absolute Gasteiger partial charge is 0.485 e. The van der Waals surface area contributed by atoms with Crippen LogP contribution >= 0.6 is 11.3 Å². The second-order valence-electron chi connectivity index (χ2n) is 4.36. The predicted octanol–water partition coefficient (Wildman–Crippen LogP) is 2.34. The average Bonchev–Trinajstić information content (AvgIpc) is 3.06. The zero-order chi connectivity index (χ0) is 14.8.